The van der Waals surface area contributed by atoms with Crippen LogP contribution in [0.5, 0.6) is 0 Å². The largest absolute Gasteiger partial charge is 0.381 e. The van der Waals surface area contributed by atoms with Gasteiger partial charge in [-0.3, -0.25) is 0 Å². The van der Waals surface area contributed by atoms with Crippen LogP contribution in [-0.2, 0) is 10.2 Å². The van der Waals surface area contributed by atoms with E-state index in [1.54, 1.807) is 0 Å². The predicted molar refractivity (Wildman–Crippen MR) is 87.3 cm³/mol. The summed E-state index contributed by atoms with van der Waals surface area (Å²) in [7, 11) is 0. The van der Waals surface area contributed by atoms with Gasteiger partial charge >= 0.3 is 0 Å². The molecule has 0 aliphatic carbocycles. The molecule has 0 saturated heterocycles. The second-order valence-corrected chi connectivity index (χ2v) is 6.28. The monoisotopic (exact) mass is 277 g/mol. The van der Waals surface area contributed by atoms with Gasteiger partial charge in [0, 0.05) is 19.3 Å². The van der Waals surface area contributed by atoms with Crippen molar-refractivity contribution < 1.29 is 4.74 Å². The maximum absolute atomic E-state index is 5.49. The Labute approximate surface area is 124 Å². The van der Waals surface area contributed by atoms with Gasteiger partial charge < -0.3 is 10.1 Å². The highest BCUT2D eigenvalue weighted by Crippen LogP contribution is 2.27. The van der Waals surface area contributed by atoms with Gasteiger partial charge in [-0.25, -0.2) is 0 Å². The number of benzene rings is 1. The van der Waals surface area contributed by atoms with E-state index in [2.05, 4.69) is 63.3 Å². The fourth-order valence-corrected chi connectivity index (χ4v) is 2.61. The van der Waals surface area contributed by atoms with Crippen LogP contribution in [0.1, 0.15) is 52.5 Å². The minimum absolute atomic E-state index is 0.215. The van der Waals surface area contributed by atoms with Crippen LogP contribution in [0.4, 0.5) is 0 Å². The Hall–Kier alpha value is -0.860. The molecule has 1 aromatic carbocycles. The van der Waals surface area contributed by atoms with E-state index in [4.69, 9.17) is 4.74 Å². The average molecular weight is 277 g/mol. The Morgan fingerprint density at radius 2 is 1.85 bits per heavy atom. The average Bonchev–Trinajstić information content (AvgIpc) is 2.43. The van der Waals surface area contributed by atoms with E-state index in [0.29, 0.717) is 6.04 Å². The summed E-state index contributed by atoms with van der Waals surface area (Å²) < 4.78 is 5.49. The molecule has 0 fully saturated rings. The molecule has 2 nitrogen and oxygen atoms in total. The van der Waals surface area contributed by atoms with Crippen molar-refractivity contribution in [2.75, 3.05) is 19.8 Å². The van der Waals surface area contributed by atoms with Crippen LogP contribution in [0.25, 0.3) is 0 Å². The molecule has 1 unspecified atom stereocenters. The van der Waals surface area contributed by atoms with Crippen molar-refractivity contribution in [2.24, 2.45) is 0 Å². The second kappa shape index (κ2) is 9.15. The fraction of sp³-hybridized carbons (Fsp3) is 0.667. The highest BCUT2D eigenvalue weighted by molar-refractivity contribution is 5.23. The molecule has 2 heteroatoms. The third-order valence-corrected chi connectivity index (χ3v) is 3.68. The number of rotatable bonds is 10. The first-order valence-corrected chi connectivity index (χ1v) is 7.93. The summed E-state index contributed by atoms with van der Waals surface area (Å²) in [6.45, 7) is 11.9. The van der Waals surface area contributed by atoms with E-state index in [9.17, 15) is 0 Å². The van der Waals surface area contributed by atoms with E-state index in [0.717, 1.165) is 39.0 Å². The van der Waals surface area contributed by atoms with E-state index < -0.39 is 0 Å². The number of hydrogen-bond acceptors (Lipinski definition) is 2. The Kier molecular flexibility index (Phi) is 7.86. The quantitative estimate of drug-likeness (QED) is 0.649. The molecule has 1 aromatic rings. The Bertz CT molecular complexity index is 348. The van der Waals surface area contributed by atoms with Crippen molar-refractivity contribution >= 4 is 0 Å². The molecule has 0 aliphatic heterocycles. The lowest BCUT2D eigenvalue weighted by Crippen LogP contribution is -2.34. The summed E-state index contributed by atoms with van der Waals surface area (Å²) in [5, 5.41) is 3.61. The van der Waals surface area contributed by atoms with Gasteiger partial charge in [-0.15, -0.1) is 0 Å². The van der Waals surface area contributed by atoms with Crippen molar-refractivity contribution in [1.82, 2.24) is 5.32 Å². The lowest BCUT2D eigenvalue weighted by molar-refractivity contribution is 0.131. The molecule has 20 heavy (non-hydrogen) atoms. The smallest absolute Gasteiger partial charge is 0.0478 e. The summed E-state index contributed by atoms with van der Waals surface area (Å²) in [5.74, 6) is 0. The van der Waals surface area contributed by atoms with Crippen molar-refractivity contribution in [3.8, 4) is 0 Å². The van der Waals surface area contributed by atoms with Crippen LogP contribution < -0.4 is 5.32 Å². The van der Waals surface area contributed by atoms with Gasteiger partial charge in [0.2, 0.25) is 0 Å². The third kappa shape index (κ3) is 6.53. The highest BCUT2D eigenvalue weighted by Gasteiger charge is 2.22. The molecule has 1 N–H and O–H groups in total. The zero-order chi connectivity index (χ0) is 14.8. The molecular weight excluding hydrogens is 246 g/mol. The van der Waals surface area contributed by atoms with Gasteiger partial charge in [-0.2, -0.15) is 0 Å². The lowest BCUT2D eigenvalue weighted by atomic mass is 9.79. The van der Waals surface area contributed by atoms with Crippen molar-refractivity contribution in [1.29, 1.82) is 0 Å². The molecular formula is C18H31NO. The lowest BCUT2D eigenvalue weighted by Gasteiger charge is -2.29. The molecule has 0 heterocycles. The van der Waals surface area contributed by atoms with Crippen molar-refractivity contribution in [2.45, 2.75) is 58.4 Å². The Morgan fingerprint density at radius 3 is 2.50 bits per heavy atom. The van der Waals surface area contributed by atoms with Crippen molar-refractivity contribution in [3.05, 3.63) is 35.9 Å². The van der Waals surface area contributed by atoms with Crippen molar-refractivity contribution in [3.63, 3.8) is 0 Å². The van der Waals surface area contributed by atoms with Crippen LogP contribution >= 0.6 is 0 Å². The second-order valence-electron chi connectivity index (χ2n) is 6.28. The molecule has 1 rings (SSSR count). The summed E-state index contributed by atoms with van der Waals surface area (Å²) in [6, 6.07) is 11.3. The minimum atomic E-state index is 0.215. The first-order valence-electron chi connectivity index (χ1n) is 7.93. The third-order valence-electron chi connectivity index (χ3n) is 3.68. The number of nitrogens with one attached hydrogen (secondary N) is 1. The fourth-order valence-electron chi connectivity index (χ4n) is 2.61. The highest BCUT2D eigenvalue weighted by atomic mass is 16.5. The maximum atomic E-state index is 5.49. The van der Waals surface area contributed by atoms with Crippen LogP contribution in [-0.4, -0.2) is 25.8 Å². The van der Waals surface area contributed by atoms with E-state index >= 15 is 0 Å². The van der Waals surface area contributed by atoms with Crippen LogP contribution in [0.2, 0.25) is 0 Å². The summed E-state index contributed by atoms with van der Waals surface area (Å²) in [5.41, 5.74) is 1.63. The Morgan fingerprint density at radius 1 is 1.15 bits per heavy atom. The van der Waals surface area contributed by atoms with E-state index in [1.165, 1.54) is 5.56 Å². The van der Waals surface area contributed by atoms with Gasteiger partial charge in [-0.05, 0) is 43.7 Å². The van der Waals surface area contributed by atoms with Gasteiger partial charge in [0.05, 0.1) is 0 Å². The first-order chi connectivity index (χ1) is 9.56. The first kappa shape index (κ1) is 17.2. The van der Waals surface area contributed by atoms with Gasteiger partial charge in [0.15, 0.2) is 0 Å². The summed E-state index contributed by atoms with van der Waals surface area (Å²) in [4.78, 5) is 0. The molecule has 0 saturated carbocycles. The van der Waals surface area contributed by atoms with Crippen LogP contribution in [0.15, 0.2) is 30.3 Å². The standard InChI is InChI=1S/C18H31NO/c1-5-13-20-14-9-12-19-16(2)15-18(3,4)17-10-7-6-8-11-17/h6-8,10-11,16,19H,5,9,12-15H2,1-4H3. The number of hydrogen-bond donors (Lipinski definition) is 1. The minimum Gasteiger partial charge on any atom is -0.381 e. The molecule has 114 valence electrons. The maximum Gasteiger partial charge on any atom is 0.0478 e. The molecule has 0 amide bonds. The van der Waals surface area contributed by atoms with Gasteiger partial charge in [0.1, 0.15) is 0 Å². The molecule has 0 radical (unpaired) electrons. The van der Waals surface area contributed by atoms with Crippen LogP contribution in [0, 0.1) is 0 Å². The van der Waals surface area contributed by atoms with Gasteiger partial charge in [-0.1, -0.05) is 51.1 Å². The Balaban J connectivity index is 2.26. The zero-order valence-corrected chi connectivity index (χ0v) is 13.6. The number of ether oxygens (including phenoxy) is 1. The SMILES string of the molecule is CCCOCCCNC(C)CC(C)(C)c1ccccc1. The van der Waals surface area contributed by atoms with E-state index in [1.807, 2.05) is 0 Å². The zero-order valence-electron chi connectivity index (χ0n) is 13.6. The molecule has 0 spiro atoms. The van der Waals surface area contributed by atoms with Gasteiger partial charge in [0.25, 0.3) is 0 Å². The molecule has 1 atom stereocenters. The van der Waals surface area contributed by atoms with Crippen LogP contribution in [0.3, 0.4) is 0 Å². The van der Waals surface area contributed by atoms with E-state index in [-0.39, 0.29) is 5.41 Å². The summed E-state index contributed by atoms with van der Waals surface area (Å²) >= 11 is 0. The predicted octanol–water partition coefficient (Wildman–Crippen LogP) is 4.15. The molecule has 0 aromatic heterocycles. The molecule has 0 bridgehead atoms. The molecule has 0 aliphatic rings. The normalized spacial score (nSPS) is 13.4. The topological polar surface area (TPSA) is 21.3 Å². The summed E-state index contributed by atoms with van der Waals surface area (Å²) in [6.07, 6.45) is 3.35.